The van der Waals surface area contributed by atoms with Gasteiger partial charge in [-0.2, -0.15) is 0 Å². The van der Waals surface area contributed by atoms with Crippen molar-refractivity contribution in [2.75, 3.05) is 6.61 Å². The van der Waals surface area contributed by atoms with E-state index >= 15 is 0 Å². The van der Waals surface area contributed by atoms with Gasteiger partial charge in [-0.15, -0.1) is 0 Å². The first-order chi connectivity index (χ1) is 7.98. The van der Waals surface area contributed by atoms with Gasteiger partial charge in [-0.3, -0.25) is 9.59 Å². The molecule has 0 aromatic rings. The maximum absolute atomic E-state index is 11.4. The zero-order chi connectivity index (χ0) is 12.9. The molecule has 0 saturated carbocycles. The molecular weight excluding hydrogens is 220 g/mol. The van der Waals surface area contributed by atoms with E-state index in [1.165, 1.54) is 6.92 Å². The molecule has 0 aromatic carbocycles. The summed E-state index contributed by atoms with van der Waals surface area (Å²) in [6, 6.07) is 0. The molecule has 0 bridgehead atoms. The normalized spacial score (nSPS) is 29.8. The first kappa shape index (κ1) is 14.2. The van der Waals surface area contributed by atoms with Crippen LogP contribution in [0.15, 0.2) is 0 Å². The molecule has 2 atom stereocenters. The summed E-state index contributed by atoms with van der Waals surface area (Å²) >= 11 is 0. The van der Waals surface area contributed by atoms with Gasteiger partial charge in [0, 0.05) is 13.3 Å². The van der Waals surface area contributed by atoms with Crippen LogP contribution in [0.2, 0.25) is 0 Å². The Balaban J connectivity index is 2.76. The van der Waals surface area contributed by atoms with Gasteiger partial charge in [0.1, 0.15) is 18.3 Å². The van der Waals surface area contributed by atoms with Gasteiger partial charge in [-0.1, -0.05) is 19.8 Å². The number of ketones is 1. The fraction of sp³-hybridized carbons (Fsp3) is 0.846. The van der Waals surface area contributed by atoms with Gasteiger partial charge in [0.15, 0.2) is 5.78 Å². The van der Waals surface area contributed by atoms with Gasteiger partial charge in [0.25, 0.3) is 0 Å². The van der Waals surface area contributed by atoms with Crippen LogP contribution < -0.4 is 0 Å². The average Bonchev–Trinajstić information content (AvgIpc) is 2.40. The fourth-order valence-corrected chi connectivity index (χ4v) is 2.15. The van der Waals surface area contributed by atoms with E-state index in [0.717, 1.165) is 19.3 Å². The van der Waals surface area contributed by atoms with Crippen molar-refractivity contribution in [1.82, 2.24) is 0 Å². The molecule has 0 spiro atoms. The van der Waals surface area contributed by atoms with Crippen molar-refractivity contribution in [3.05, 3.63) is 0 Å². The number of Topliss-reactive ketones (excluding diaryl/α,β-unsaturated/α-hetero) is 1. The number of carbonyl (C=O) groups excluding carboxylic acids is 2. The Bertz CT molecular complexity index is 287. The van der Waals surface area contributed by atoms with Crippen molar-refractivity contribution >= 4 is 11.8 Å². The van der Waals surface area contributed by atoms with Crippen LogP contribution >= 0.6 is 0 Å². The van der Waals surface area contributed by atoms with Crippen molar-refractivity contribution in [2.45, 2.75) is 64.6 Å². The standard InChI is InChI=1S/C13H22O4/c1-4-5-8-13(3)12(17-10(2)14)7-6-11(15)9-16-13/h12H,4-9H2,1-3H3. The molecule has 1 rings (SSSR count). The van der Waals surface area contributed by atoms with E-state index < -0.39 is 5.60 Å². The molecule has 1 saturated heterocycles. The third-order valence-electron chi connectivity index (χ3n) is 3.26. The highest BCUT2D eigenvalue weighted by atomic mass is 16.6. The number of rotatable bonds is 4. The average molecular weight is 242 g/mol. The summed E-state index contributed by atoms with van der Waals surface area (Å²) in [4.78, 5) is 22.5. The minimum atomic E-state index is -0.520. The van der Waals surface area contributed by atoms with Crippen LogP contribution in [0.3, 0.4) is 0 Å². The van der Waals surface area contributed by atoms with Crippen molar-refractivity contribution in [2.24, 2.45) is 0 Å². The third kappa shape index (κ3) is 4.11. The Hall–Kier alpha value is -0.900. The Morgan fingerprint density at radius 2 is 2.29 bits per heavy atom. The molecule has 1 heterocycles. The predicted octanol–water partition coefficient (Wildman–Crippen LogP) is 2.25. The summed E-state index contributed by atoms with van der Waals surface area (Å²) in [6.07, 6.45) is 3.56. The molecule has 0 amide bonds. The maximum atomic E-state index is 11.4. The Morgan fingerprint density at radius 3 is 2.88 bits per heavy atom. The van der Waals surface area contributed by atoms with E-state index in [2.05, 4.69) is 6.92 Å². The van der Waals surface area contributed by atoms with E-state index in [1.807, 2.05) is 6.92 Å². The van der Waals surface area contributed by atoms with E-state index in [1.54, 1.807) is 0 Å². The minimum absolute atomic E-state index is 0.0855. The van der Waals surface area contributed by atoms with E-state index in [4.69, 9.17) is 9.47 Å². The lowest BCUT2D eigenvalue weighted by molar-refractivity contribution is -0.168. The molecule has 0 radical (unpaired) electrons. The van der Waals surface area contributed by atoms with Crippen LogP contribution in [0.1, 0.15) is 52.9 Å². The lowest BCUT2D eigenvalue weighted by atomic mass is 9.90. The largest absolute Gasteiger partial charge is 0.459 e. The lowest BCUT2D eigenvalue weighted by Crippen LogP contribution is -2.43. The van der Waals surface area contributed by atoms with Crippen LogP contribution in [0.4, 0.5) is 0 Å². The molecule has 17 heavy (non-hydrogen) atoms. The van der Waals surface area contributed by atoms with Crippen molar-refractivity contribution in [1.29, 1.82) is 0 Å². The molecule has 4 heteroatoms. The summed E-state index contributed by atoms with van der Waals surface area (Å²) in [7, 11) is 0. The highest BCUT2D eigenvalue weighted by molar-refractivity contribution is 5.80. The summed E-state index contributed by atoms with van der Waals surface area (Å²) in [5.74, 6) is -0.224. The second kappa shape index (κ2) is 6.15. The third-order valence-corrected chi connectivity index (χ3v) is 3.26. The summed E-state index contributed by atoms with van der Waals surface area (Å²) in [5.41, 5.74) is -0.520. The van der Waals surface area contributed by atoms with Gasteiger partial charge >= 0.3 is 5.97 Å². The van der Waals surface area contributed by atoms with Gasteiger partial charge < -0.3 is 9.47 Å². The smallest absolute Gasteiger partial charge is 0.303 e. The second-order valence-electron chi connectivity index (χ2n) is 4.88. The summed E-state index contributed by atoms with van der Waals surface area (Å²) in [5, 5.41) is 0. The first-order valence-corrected chi connectivity index (χ1v) is 6.31. The van der Waals surface area contributed by atoms with Crippen LogP contribution in [0, 0.1) is 0 Å². The van der Waals surface area contributed by atoms with Crippen LogP contribution in [-0.4, -0.2) is 30.1 Å². The van der Waals surface area contributed by atoms with Crippen molar-refractivity contribution < 1.29 is 19.1 Å². The van der Waals surface area contributed by atoms with Gasteiger partial charge in [0.05, 0.1) is 0 Å². The van der Waals surface area contributed by atoms with E-state index in [0.29, 0.717) is 12.8 Å². The SMILES string of the molecule is CCCCC1(C)OCC(=O)CCC1OC(C)=O. The molecule has 0 aromatic heterocycles. The molecule has 0 aliphatic carbocycles. The number of carbonyl (C=O) groups is 2. The number of ether oxygens (including phenoxy) is 2. The van der Waals surface area contributed by atoms with Gasteiger partial charge in [-0.05, 0) is 19.8 Å². The van der Waals surface area contributed by atoms with E-state index in [9.17, 15) is 9.59 Å². The fourth-order valence-electron chi connectivity index (χ4n) is 2.15. The first-order valence-electron chi connectivity index (χ1n) is 6.31. The second-order valence-corrected chi connectivity index (χ2v) is 4.88. The lowest BCUT2D eigenvalue weighted by Gasteiger charge is -2.35. The van der Waals surface area contributed by atoms with Gasteiger partial charge in [-0.25, -0.2) is 0 Å². The zero-order valence-corrected chi connectivity index (χ0v) is 11.0. The topological polar surface area (TPSA) is 52.6 Å². The molecule has 0 N–H and O–H groups in total. The van der Waals surface area contributed by atoms with Crippen LogP contribution in [0.5, 0.6) is 0 Å². The quantitative estimate of drug-likeness (QED) is 0.709. The maximum Gasteiger partial charge on any atom is 0.303 e. The predicted molar refractivity (Wildman–Crippen MR) is 63.7 cm³/mol. The molecule has 98 valence electrons. The van der Waals surface area contributed by atoms with Crippen molar-refractivity contribution in [3.63, 3.8) is 0 Å². The molecule has 1 aliphatic heterocycles. The Kier molecular flexibility index (Phi) is 5.12. The van der Waals surface area contributed by atoms with E-state index in [-0.39, 0.29) is 24.5 Å². The molecule has 4 nitrogen and oxygen atoms in total. The van der Waals surface area contributed by atoms with Crippen molar-refractivity contribution in [3.8, 4) is 0 Å². The minimum Gasteiger partial charge on any atom is -0.459 e. The molecule has 2 unspecified atom stereocenters. The summed E-state index contributed by atoms with van der Waals surface area (Å²) < 4.78 is 11.0. The highest BCUT2D eigenvalue weighted by Crippen LogP contribution is 2.30. The van der Waals surface area contributed by atoms with Crippen LogP contribution in [-0.2, 0) is 19.1 Å². The molecule has 1 fully saturated rings. The van der Waals surface area contributed by atoms with Crippen LogP contribution in [0.25, 0.3) is 0 Å². The molecular formula is C13H22O4. The summed E-state index contributed by atoms with van der Waals surface area (Å²) in [6.45, 7) is 5.58. The number of esters is 1. The van der Waals surface area contributed by atoms with Gasteiger partial charge in [0.2, 0.25) is 0 Å². The highest BCUT2D eigenvalue weighted by Gasteiger charge is 2.39. The Morgan fingerprint density at radius 1 is 1.59 bits per heavy atom. The number of unbranched alkanes of at least 4 members (excludes halogenated alkanes) is 1. The Labute approximate surface area is 103 Å². The number of hydrogen-bond acceptors (Lipinski definition) is 4. The molecule has 1 aliphatic rings. The zero-order valence-electron chi connectivity index (χ0n) is 11.0. The monoisotopic (exact) mass is 242 g/mol. The number of hydrogen-bond donors (Lipinski definition) is 0.